The standard InChI is InChI=1S/C37H38N4O4S/c1-3-20-44-34-22-30(18-15-27(34)23-38-28-16-13-26(14-17-28)21-36(42)43)46-37-40-39-35(41(37)29-8-5-4-6-9-29)24-45-33-19-12-25(2)31-10-7-11-32(31)33/h4-6,8-9,12-19,22,38H,3,7,10-11,20-21,23-24H2,1-2H3,(H,42,43). The predicted octanol–water partition coefficient (Wildman–Crippen LogP) is 7.82. The molecule has 0 atom stereocenters. The minimum atomic E-state index is -0.840. The summed E-state index contributed by atoms with van der Waals surface area (Å²) in [6, 6.07) is 28.1. The first kappa shape index (κ1) is 31.2. The highest BCUT2D eigenvalue weighted by Crippen LogP contribution is 2.35. The minimum Gasteiger partial charge on any atom is -0.493 e. The van der Waals surface area contributed by atoms with E-state index < -0.39 is 5.97 Å². The number of hydrogen-bond donors (Lipinski definition) is 2. The number of aromatic nitrogens is 3. The summed E-state index contributed by atoms with van der Waals surface area (Å²) in [7, 11) is 0. The van der Waals surface area contributed by atoms with E-state index in [9.17, 15) is 4.79 Å². The van der Waals surface area contributed by atoms with E-state index in [1.54, 1.807) is 0 Å². The number of aliphatic carboxylic acids is 1. The SMILES string of the molecule is CCCOc1cc(Sc2nnc(COc3ccc(C)c4c3CCC4)n2-c2ccccc2)ccc1CNc1ccc(CC(=O)O)cc1. The topological polar surface area (TPSA) is 98.5 Å². The lowest BCUT2D eigenvalue weighted by Crippen LogP contribution is -2.07. The third-order valence-electron chi connectivity index (χ3n) is 8.05. The van der Waals surface area contributed by atoms with Gasteiger partial charge in [0.15, 0.2) is 5.82 Å². The van der Waals surface area contributed by atoms with E-state index in [1.807, 2.05) is 42.5 Å². The smallest absolute Gasteiger partial charge is 0.307 e. The maximum Gasteiger partial charge on any atom is 0.307 e. The van der Waals surface area contributed by atoms with Gasteiger partial charge in [-0.05, 0) is 109 Å². The molecule has 236 valence electrons. The first-order valence-electron chi connectivity index (χ1n) is 15.7. The Hall–Kier alpha value is -4.76. The molecule has 0 saturated carbocycles. The number of anilines is 1. The summed E-state index contributed by atoms with van der Waals surface area (Å²) in [5.74, 6) is 1.64. The molecule has 0 unspecified atom stereocenters. The number of aryl methyl sites for hydroxylation is 1. The van der Waals surface area contributed by atoms with Gasteiger partial charge in [0.1, 0.15) is 18.1 Å². The second-order valence-electron chi connectivity index (χ2n) is 11.4. The Morgan fingerprint density at radius 3 is 2.52 bits per heavy atom. The van der Waals surface area contributed by atoms with Crippen molar-refractivity contribution in [2.75, 3.05) is 11.9 Å². The molecule has 0 spiro atoms. The Labute approximate surface area is 273 Å². The number of nitrogens with one attached hydrogen (secondary N) is 1. The Morgan fingerprint density at radius 1 is 0.935 bits per heavy atom. The Balaban J connectivity index is 1.22. The molecule has 1 aliphatic rings. The van der Waals surface area contributed by atoms with Crippen LogP contribution < -0.4 is 14.8 Å². The van der Waals surface area contributed by atoms with E-state index in [1.165, 1.54) is 28.5 Å². The number of rotatable bonds is 14. The zero-order valence-electron chi connectivity index (χ0n) is 26.2. The van der Waals surface area contributed by atoms with Crippen LogP contribution in [0.25, 0.3) is 5.69 Å². The first-order chi connectivity index (χ1) is 22.5. The van der Waals surface area contributed by atoms with Crippen molar-refractivity contribution in [3.8, 4) is 17.2 Å². The third-order valence-corrected chi connectivity index (χ3v) is 8.99. The Bertz CT molecular complexity index is 1800. The Morgan fingerprint density at radius 2 is 1.74 bits per heavy atom. The molecule has 1 aromatic heterocycles. The third kappa shape index (κ3) is 7.37. The number of hydrogen-bond acceptors (Lipinski definition) is 7. The van der Waals surface area contributed by atoms with Gasteiger partial charge in [-0.2, -0.15) is 0 Å². The average Bonchev–Trinajstić information content (AvgIpc) is 3.72. The molecule has 1 heterocycles. The lowest BCUT2D eigenvalue weighted by molar-refractivity contribution is -0.136. The maximum atomic E-state index is 11.0. The van der Waals surface area contributed by atoms with E-state index in [0.717, 1.165) is 75.6 Å². The lowest BCUT2D eigenvalue weighted by atomic mass is 10.0. The van der Waals surface area contributed by atoms with Gasteiger partial charge in [0.05, 0.1) is 13.0 Å². The molecule has 5 aromatic rings. The molecule has 0 radical (unpaired) electrons. The zero-order chi connectivity index (χ0) is 31.9. The monoisotopic (exact) mass is 634 g/mol. The molecular formula is C37H38N4O4S. The summed E-state index contributed by atoms with van der Waals surface area (Å²) in [5, 5.41) is 22.4. The van der Waals surface area contributed by atoms with Gasteiger partial charge >= 0.3 is 5.97 Å². The van der Waals surface area contributed by atoms with Gasteiger partial charge < -0.3 is 19.9 Å². The number of benzene rings is 4. The first-order valence-corrected chi connectivity index (χ1v) is 16.5. The van der Waals surface area contributed by atoms with E-state index >= 15 is 0 Å². The number of para-hydroxylation sites is 1. The van der Waals surface area contributed by atoms with Crippen molar-refractivity contribution in [2.45, 2.75) is 69.2 Å². The van der Waals surface area contributed by atoms with Crippen molar-refractivity contribution in [3.05, 3.63) is 119 Å². The molecule has 0 aliphatic heterocycles. The van der Waals surface area contributed by atoms with E-state index in [-0.39, 0.29) is 6.42 Å². The normalized spacial score (nSPS) is 12.1. The van der Waals surface area contributed by atoms with Gasteiger partial charge in [0, 0.05) is 28.4 Å². The molecule has 9 heteroatoms. The highest BCUT2D eigenvalue weighted by Gasteiger charge is 2.20. The van der Waals surface area contributed by atoms with E-state index in [0.29, 0.717) is 19.8 Å². The molecule has 0 amide bonds. The maximum absolute atomic E-state index is 11.0. The summed E-state index contributed by atoms with van der Waals surface area (Å²) < 4.78 is 14.6. The summed E-state index contributed by atoms with van der Waals surface area (Å²) in [6.07, 6.45) is 4.23. The molecule has 0 saturated heterocycles. The van der Waals surface area contributed by atoms with Crippen molar-refractivity contribution in [2.24, 2.45) is 0 Å². The van der Waals surface area contributed by atoms with Crippen molar-refractivity contribution in [1.82, 2.24) is 14.8 Å². The number of ether oxygens (including phenoxy) is 2. The van der Waals surface area contributed by atoms with Crippen LogP contribution >= 0.6 is 11.8 Å². The average molecular weight is 635 g/mol. The van der Waals surface area contributed by atoms with Crippen molar-refractivity contribution >= 4 is 23.4 Å². The van der Waals surface area contributed by atoms with Gasteiger partial charge in [-0.15, -0.1) is 10.2 Å². The zero-order valence-corrected chi connectivity index (χ0v) is 27.0. The quantitative estimate of drug-likeness (QED) is 0.128. The molecule has 0 bridgehead atoms. The van der Waals surface area contributed by atoms with Crippen LogP contribution in [-0.4, -0.2) is 32.4 Å². The van der Waals surface area contributed by atoms with Crippen LogP contribution in [0.4, 0.5) is 5.69 Å². The minimum absolute atomic E-state index is 0.00941. The summed E-state index contributed by atoms with van der Waals surface area (Å²) in [5.41, 5.74) is 7.76. The number of carboxylic acid groups (broad SMARTS) is 1. The van der Waals surface area contributed by atoms with Gasteiger partial charge in [-0.25, -0.2) is 0 Å². The fourth-order valence-corrected chi connectivity index (χ4v) is 6.63. The van der Waals surface area contributed by atoms with Gasteiger partial charge in [0.2, 0.25) is 5.16 Å². The molecule has 6 rings (SSSR count). The lowest BCUT2D eigenvalue weighted by Gasteiger charge is -2.15. The molecule has 46 heavy (non-hydrogen) atoms. The number of carboxylic acids is 1. The van der Waals surface area contributed by atoms with Crippen molar-refractivity contribution in [3.63, 3.8) is 0 Å². The summed E-state index contributed by atoms with van der Waals surface area (Å²) >= 11 is 1.54. The second-order valence-corrected chi connectivity index (χ2v) is 12.4. The molecule has 1 aliphatic carbocycles. The Kier molecular flexibility index (Phi) is 9.88. The van der Waals surface area contributed by atoms with Crippen molar-refractivity contribution in [1.29, 1.82) is 0 Å². The molecule has 4 aromatic carbocycles. The van der Waals surface area contributed by atoms with Crippen LogP contribution in [-0.2, 0) is 37.2 Å². The summed E-state index contributed by atoms with van der Waals surface area (Å²) in [4.78, 5) is 12.0. The molecule has 2 N–H and O–H groups in total. The second kappa shape index (κ2) is 14.6. The molecule has 0 fully saturated rings. The van der Waals surface area contributed by atoms with Gasteiger partial charge in [0.25, 0.3) is 0 Å². The largest absolute Gasteiger partial charge is 0.493 e. The van der Waals surface area contributed by atoms with Crippen LogP contribution in [0.2, 0.25) is 0 Å². The highest BCUT2D eigenvalue weighted by molar-refractivity contribution is 7.99. The van der Waals surface area contributed by atoms with Crippen LogP contribution in [0.15, 0.2) is 95.0 Å². The van der Waals surface area contributed by atoms with E-state index in [2.05, 4.69) is 76.4 Å². The highest BCUT2D eigenvalue weighted by atomic mass is 32.2. The fraction of sp³-hybridized carbons (Fsp3) is 0.270. The summed E-state index contributed by atoms with van der Waals surface area (Å²) in [6.45, 7) is 5.74. The van der Waals surface area contributed by atoms with Crippen LogP contribution in [0, 0.1) is 6.92 Å². The molecule has 8 nitrogen and oxygen atoms in total. The predicted molar refractivity (Wildman–Crippen MR) is 180 cm³/mol. The van der Waals surface area contributed by atoms with Gasteiger partial charge in [-0.3, -0.25) is 9.36 Å². The van der Waals surface area contributed by atoms with E-state index in [4.69, 9.17) is 14.6 Å². The van der Waals surface area contributed by atoms with Crippen molar-refractivity contribution < 1.29 is 19.4 Å². The molecular weight excluding hydrogens is 596 g/mol. The van der Waals surface area contributed by atoms with Crippen LogP contribution in [0.3, 0.4) is 0 Å². The number of carbonyl (C=O) groups is 1. The number of fused-ring (bicyclic) bond motifs is 1. The van der Waals surface area contributed by atoms with Crippen LogP contribution in [0.1, 0.15) is 53.4 Å². The van der Waals surface area contributed by atoms with Crippen LogP contribution in [0.5, 0.6) is 11.5 Å². The fourth-order valence-electron chi connectivity index (χ4n) is 5.74. The number of nitrogens with zero attached hydrogens (tertiary/aromatic N) is 3. The van der Waals surface area contributed by atoms with Gasteiger partial charge in [-0.1, -0.05) is 49.4 Å².